The Balaban J connectivity index is 1.38. The summed E-state index contributed by atoms with van der Waals surface area (Å²) in [7, 11) is -3.90. The molecule has 3 aliphatic carbocycles. The summed E-state index contributed by atoms with van der Waals surface area (Å²) in [6, 6.07) is 2.78. The summed E-state index contributed by atoms with van der Waals surface area (Å²) < 4.78 is 48.5. The number of rotatable bonds is 6. The van der Waals surface area contributed by atoms with Gasteiger partial charge in [-0.25, -0.2) is 9.11 Å². The topological polar surface area (TPSA) is 75.7 Å². The van der Waals surface area contributed by atoms with Gasteiger partial charge in [-0.2, -0.15) is 12.7 Å². The average molecular weight is 408 g/mol. The molecule has 4 fully saturated rings. The molecule has 0 aromatic heterocycles. The molecule has 2 unspecified atom stereocenters. The highest BCUT2D eigenvalue weighted by molar-refractivity contribution is 7.87. The van der Waals surface area contributed by atoms with E-state index < -0.39 is 21.9 Å². The lowest BCUT2D eigenvalue weighted by atomic mass is 9.97. The zero-order valence-electron chi connectivity index (χ0n) is 15.7. The van der Waals surface area contributed by atoms with Crippen LogP contribution in [0.15, 0.2) is 12.1 Å². The SMILES string of the molecule is O=C(NS(=O)(=O)N1CCC1)c1cc(C2CC2)c(O[C@H]2CC3CCC2C3)cc1F. The molecule has 3 saturated carbocycles. The first kappa shape index (κ1) is 18.4. The van der Waals surface area contributed by atoms with Gasteiger partial charge >= 0.3 is 10.2 Å². The van der Waals surface area contributed by atoms with E-state index in [-0.39, 0.29) is 17.6 Å². The smallest absolute Gasteiger partial charge is 0.304 e. The van der Waals surface area contributed by atoms with Gasteiger partial charge in [0.25, 0.3) is 5.91 Å². The lowest BCUT2D eigenvalue weighted by molar-refractivity contribution is 0.0973. The van der Waals surface area contributed by atoms with Crippen molar-refractivity contribution >= 4 is 16.1 Å². The molecule has 1 saturated heterocycles. The number of fused-ring (bicyclic) bond motifs is 2. The van der Waals surface area contributed by atoms with Crippen LogP contribution in [0.2, 0.25) is 0 Å². The van der Waals surface area contributed by atoms with E-state index in [1.54, 1.807) is 0 Å². The molecular weight excluding hydrogens is 383 g/mol. The van der Waals surface area contributed by atoms with Crippen molar-refractivity contribution in [1.82, 2.24) is 9.03 Å². The van der Waals surface area contributed by atoms with Crippen LogP contribution < -0.4 is 9.46 Å². The van der Waals surface area contributed by atoms with Crippen molar-refractivity contribution in [2.75, 3.05) is 13.1 Å². The van der Waals surface area contributed by atoms with Gasteiger partial charge in [0, 0.05) is 19.2 Å². The minimum atomic E-state index is -3.90. The van der Waals surface area contributed by atoms with Gasteiger partial charge in [-0.15, -0.1) is 0 Å². The standard InChI is InChI=1S/C20H25FN2O4S/c21-17-11-19(27-18-9-12-2-3-14(18)8-12)15(13-4-5-13)10-16(17)20(24)22-28(25,26)23-6-1-7-23/h10-14,18H,1-9H2,(H,22,24)/t12?,14?,18-/m0/s1. The van der Waals surface area contributed by atoms with Gasteiger partial charge in [0.1, 0.15) is 17.7 Å². The zero-order chi connectivity index (χ0) is 19.5. The van der Waals surface area contributed by atoms with E-state index in [0.717, 1.165) is 37.2 Å². The third-order valence-electron chi connectivity index (χ3n) is 6.69. The molecule has 1 heterocycles. The number of benzene rings is 1. The maximum atomic E-state index is 14.7. The Morgan fingerprint density at radius 3 is 2.50 bits per heavy atom. The molecule has 28 heavy (non-hydrogen) atoms. The van der Waals surface area contributed by atoms with E-state index in [9.17, 15) is 17.6 Å². The van der Waals surface area contributed by atoms with E-state index >= 15 is 0 Å². The fourth-order valence-corrected chi connectivity index (χ4v) is 6.03. The zero-order valence-corrected chi connectivity index (χ0v) is 16.5. The van der Waals surface area contributed by atoms with Crippen molar-refractivity contribution in [3.63, 3.8) is 0 Å². The summed E-state index contributed by atoms with van der Waals surface area (Å²) in [5, 5.41) is 0. The largest absolute Gasteiger partial charge is 0.490 e. The maximum Gasteiger partial charge on any atom is 0.304 e. The van der Waals surface area contributed by atoms with E-state index in [1.807, 2.05) is 4.72 Å². The van der Waals surface area contributed by atoms with Gasteiger partial charge in [-0.3, -0.25) is 4.79 Å². The molecular formula is C20H25FN2O4S. The van der Waals surface area contributed by atoms with Crippen LogP contribution in [0.1, 0.15) is 66.8 Å². The highest BCUT2D eigenvalue weighted by atomic mass is 32.2. The van der Waals surface area contributed by atoms with Crippen molar-refractivity contribution in [2.24, 2.45) is 11.8 Å². The first-order valence-electron chi connectivity index (χ1n) is 10.2. The van der Waals surface area contributed by atoms with Crippen molar-refractivity contribution in [3.05, 3.63) is 29.1 Å². The van der Waals surface area contributed by atoms with E-state index in [1.165, 1.54) is 35.7 Å². The van der Waals surface area contributed by atoms with Crippen LogP contribution >= 0.6 is 0 Å². The second-order valence-electron chi connectivity index (χ2n) is 8.66. The molecule has 1 aliphatic heterocycles. The van der Waals surface area contributed by atoms with Crippen LogP contribution in [0.5, 0.6) is 5.75 Å². The number of ether oxygens (including phenoxy) is 1. The molecule has 152 valence electrons. The predicted molar refractivity (Wildman–Crippen MR) is 101 cm³/mol. The van der Waals surface area contributed by atoms with Gasteiger partial charge in [0.2, 0.25) is 0 Å². The van der Waals surface area contributed by atoms with Crippen LogP contribution in [0, 0.1) is 17.7 Å². The summed E-state index contributed by atoms with van der Waals surface area (Å²) in [4.78, 5) is 12.5. The van der Waals surface area contributed by atoms with Crippen LogP contribution in [-0.4, -0.2) is 37.8 Å². The van der Waals surface area contributed by atoms with Gasteiger partial charge in [-0.05, 0) is 74.3 Å². The molecule has 1 amide bonds. The molecule has 1 aromatic carbocycles. The molecule has 0 spiro atoms. The molecule has 4 aliphatic rings. The molecule has 1 N–H and O–H groups in total. The fraction of sp³-hybridized carbons (Fsp3) is 0.650. The van der Waals surface area contributed by atoms with Crippen molar-refractivity contribution in [3.8, 4) is 5.75 Å². The summed E-state index contributed by atoms with van der Waals surface area (Å²) in [6.07, 6.45) is 7.50. The molecule has 8 heteroatoms. The predicted octanol–water partition coefficient (Wildman–Crippen LogP) is 2.95. The van der Waals surface area contributed by atoms with Crippen molar-refractivity contribution in [2.45, 2.75) is 57.0 Å². The number of nitrogens with one attached hydrogen (secondary N) is 1. The second-order valence-corrected chi connectivity index (χ2v) is 10.3. The van der Waals surface area contributed by atoms with Crippen LogP contribution in [0.25, 0.3) is 0 Å². The van der Waals surface area contributed by atoms with Crippen LogP contribution in [-0.2, 0) is 10.2 Å². The Hall–Kier alpha value is -1.67. The monoisotopic (exact) mass is 408 g/mol. The molecule has 5 rings (SSSR count). The summed E-state index contributed by atoms with van der Waals surface area (Å²) in [6.45, 7) is 0.767. The highest BCUT2D eigenvalue weighted by Crippen LogP contribution is 2.49. The lowest BCUT2D eigenvalue weighted by Gasteiger charge is -2.29. The number of carbonyl (C=O) groups excluding carboxylic acids is 1. The molecule has 0 radical (unpaired) electrons. The van der Waals surface area contributed by atoms with Crippen molar-refractivity contribution < 1.29 is 22.3 Å². The first-order chi connectivity index (χ1) is 13.4. The minimum Gasteiger partial charge on any atom is -0.490 e. The Morgan fingerprint density at radius 2 is 1.93 bits per heavy atom. The molecule has 3 atom stereocenters. The number of carbonyl (C=O) groups is 1. The fourth-order valence-electron chi connectivity index (χ4n) is 4.82. The Morgan fingerprint density at radius 1 is 1.14 bits per heavy atom. The second kappa shape index (κ2) is 6.69. The lowest BCUT2D eigenvalue weighted by Crippen LogP contribution is -2.49. The summed E-state index contributed by atoms with van der Waals surface area (Å²) >= 11 is 0. The first-order valence-corrected chi connectivity index (χ1v) is 11.7. The normalized spacial score (nSPS) is 29.5. The Bertz CT molecular complexity index is 911. The quantitative estimate of drug-likeness (QED) is 0.785. The highest BCUT2D eigenvalue weighted by Gasteiger charge is 2.42. The van der Waals surface area contributed by atoms with Crippen LogP contribution in [0.3, 0.4) is 0 Å². The number of hydrogen-bond donors (Lipinski definition) is 1. The summed E-state index contributed by atoms with van der Waals surface area (Å²) in [5.41, 5.74) is 0.599. The number of halogens is 1. The Kier molecular flexibility index (Phi) is 4.39. The van der Waals surface area contributed by atoms with Crippen LogP contribution in [0.4, 0.5) is 4.39 Å². The molecule has 6 nitrogen and oxygen atoms in total. The van der Waals surface area contributed by atoms with E-state index in [2.05, 4.69) is 0 Å². The number of amides is 1. The summed E-state index contributed by atoms with van der Waals surface area (Å²) in [5.74, 6) is 0.398. The third-order valence-corrected chi connectivity index (χ3v) is 8.18. The Labute approximate surface area is 164 Å². The minimum absolute atomic E-state index is 0.127. The molecule has 2 bridgehead atoms. The van der Waals surface area contributed by atoms with Gasteiger partial charge in [0.05, 0.1) is 5.56 Å². The van der Waals surface area contributed by atoms with Gasteiger partial charge in [-0.1, -0.05) is 0 Å². The number of hydrogen-bond acceptors (Lipinski definition) is 4. The number of nitrogens with zero attached hydrogens (tertiary/aromatic N) is 1. The average Bonchev–Trinajstić information content (AvgIpc) is 3.20. The van der Waals surface area contributed by atoms with Gasteiger partial charge < -0.3 is 4.74 Å². The third kappa shape index (κ3) is 3.30. The molecule has 1 aromatic rings. The van der Waals surface area contributed by atoms with E-state index in [4.69, 9.17) is 4.74 Å². The van der Waals surface area contributed by atoms with Crippen molar-refractivity contribution in [1.29, 1.82) is 0 Å². The maximum absolute atomic E-state index is 14.7. The van der Waals surface area contributed by atoms with Gasteiger partial charge in [0.15, 0.2) is 0 Å². The van der Waals surface area contributed by atoms with E-state index in [0.29, 0.717) is 24.8 Å².